The lowest BCUT2D eigenvalue weighted by molar-refractivity contribution is -0.125. The van der Waals surface area contributed by atoms with E-state index in [0.29, 0.717) is 51.2 Å². The molecule has 0 radical (unpaired) electrons. The van der Waals surface area contributed by atoms with Gasteiger partial charge in [-0.1, -0.05) is 37.5 Å². The molecule has 6 rings (SSSR count). The monoisotopic (exact) mass is 703 g/mol. The molecule has 2 aliphatic rings. The number of ether oxygens (including phenoxy) is 2. The molecule has 4 aromatic rings. The van der Waals surface area contributed by atoms with Gasteiger partial charge in [0.1, 0.15) is 23.9 Å². The Morgan fingerprint density at radius 2 is 1.84 bits per heavy atom. The summed E-state index contributed by atoms with van der Waals surface area (Å²) in [4.78, 5) is 37.9. The van der Waals surface area contributed by atoms with Crippen LogP contribution in [0.25, 0.3) is 0 Å². The van der Waals surface area contributed by atoms with Crippen molar-refractivity contribution in [3.05, 3.63) is 104 Å². The second-order valence-corrected chi connectivity index (χ2v) is 14.2. The molecule has 0 saturated heterocycles. The zero-order valence-corrected chi connectivity index (χ0v) is 29.8. The minimum absolute atomic E-state index is 0.0214. The average molecular weight is 704 g/mol. The molecule has 0 aliphatic carbocycles. The van der Waals surface area contributed by atoms with Crippen LogP contribution in [-0.4, -0.2) is 36.6 Å². The Bertz CT molecular complexity index is 1900. The van der Waals surface area contributed by atoms with E-state index in [1.54, 1.807) is 16.2 Å². The third-order valence-electron chi connectivity index (χ3n) is 9.66. The summed E-state index contributed by atoms with van der Waals surface area (Å²) in [6.07, 6.45) is 8.52. The van der Waals surface area contributed by atoms with Crippen LogP contribution in [-0.2, 0) is 46.8 Å². The molecule has 262 valence electrons. The molecule has 1 aromatic heterocycles. The Labute approximate surface area is 303 Å². The summed E-state index contributed by atoms with van der Waals surface area (Å²) in [5.74, 6) is 2.04. The van der Waals surface area contributed by atoms with Gasteiger partial charge in [-0.2, -0.15) is 5.26 Å². The number of imide groups is 1. The largest absolute Gasteiger partial charge is 0.488 e. The molecule has 11 heteroatoms. The normalized spacial score (nSPS) is 13.6. The molecule has 3 aromatic carbocycles. The van der Waals surface area contributed by atoms with Crippen molar-refractivity contribution >= 4 is 42.5 Å². The van der Waals surface area contributed by atoms with Crippen molar-refractivity contribution in [1.82, 2.24) is 10.2 Å². The average Bonchev–Trinajstić information content (AvgIpc) is 3.87. The number of unbranched alkanes of at least 4 members (excludes halogenated alkanes) is 4. The fraction of sp³-hybridized carbons (Fsp3) is 0.350. The van der Waals surface area contributed by atoms with E-state index in [0.717, 1.165) is 78.2 Å². The van der Waals surface area contributed by atoms with Crippen LogP contribution in [0, 0.1) is 11.3 Å². The van der Waals surface area contributed by atoms with Crippen molar-refractivity contribution in [2.45, 2.75) is 90.5 Å². The molecule has 0 spiro atoms. The van der Waals surface area contributed by atoms with E-state index < -0.39 is 0 Å². The van der Waals surface area contributed by atoms with Gasteiger partial charge in [0.15, 0.2) is 0 Å². The lowest BCUT2D eigenvalue weighted by Crippen LogP contribution is -2.34. The van der Waals surface area contributed by atoms with Crippen molar-refractivity contribution in [2.75, 3.05) is 0 Å². The number of benzene rings is 3. The number of thiophene rings is 1. The van der Waals surface area contributed by atoms with E-state index >= 15 is 0 Å². The summed E-state index contributed by atoms with van der Waals surface area (Å²) in [5.41, 5.74) is 7.09. The first-order chi connectivity index (χ1) is 24.9. The maximum absolute atomic E-state index is 13.0. The first kappa shape index (κ1) is 35.9. The van der Waals surface area contributed by atoms with Gasteiger partial charge in [0.25, 0.3) is 5.91 Å². The van der Waals surface area contributed by atoms with Crippen LogP contribution in [0.5, 0.6) is 17.2 Å². The highest BCUT2D eigenvalue weighted by molar-refractivity contribution is 7.10. The van der Waals surface area contributed by atoms with E-state index in [2.05, 4.69) is 29.6 Å². The van der Waals surface area contributed by atoms with Gasteiger partial charge >= 0.3 is 7.48 Å². The van der Waals surface area contributed by atoms with Gasteiger partial charge in [-0.05, 0) is 104 Å². The summed E-state index contributed by atoms with van der Waals surface area (Å²) >= 11 is 1.54. The van der Waals surface area contributed by atoms with Gasteiger partial charge in [-0.25, -0.2) is 0 Å². The third kappa shape index (κ3) is 9.26. The number of nitrogens with zero attached hydrogens (tertiary/aromatic N) is 2. The van der Waals surface area contributed by atoms with Gasteiger partial charge in [-0.3, -0.25) is 19.7 Å². The van der Waals surface area contributed by atoms with Crippen molar-refractivity contribution in [3.8, 4) is 23.3 Å². The molecular weight excluding hydrogens is 661 g/mol. The lowest BCUT2D eigenvalue weighted by atomic mass is 9.87. The number of hydrogen-bond acceptors (Lipinski definition) is 8. The Kier molecular flexibility index (Phi) is 12.2. The third-order valence-corrected chi connectivity index (χ3v) is 10.7. The summed E-state index contributed by atoms with van der Waals surface area (Å²) in [6.45, 7) is 3.44. The standard InChI is InChI=1S/C40H42BN3O6S/c1-27(9-18-39(46)43-26-45)44-22-34-35(40(44)47)25-51-38(34)24-48-32-13-10-28(11-14-32)7-5-3-2-4-6-8-30-19-29(21-42)12-17-37(30)50-33-15-16-36-31(20-33)23-49-41-36/h10-17,19-20,25-27,41H,2-9,18,22-24H2,1H3,(H,43,45,46). The highest BCUT2D eigenvalue weighted by Gasteiger charge is 2.34. The van der Waals surface area contributed by atoms with Crippen molar-refractivity contribution in [3.63, 3.8) is 0 Å². The molecule has 3 heterocycles. The zero-order valence-electron chi connectivity index (χ0n) is 29.0. The molecule has 1 unspecified atom stereocenters. The Balaban J connectivity index is 0.896. The minimum Gasteiger partial charge on any atom is -0.488 e. The summed E-state index contributed by atoms with van der Waals surface area (Å²) in [5, 5.41) is 13.5. The van der Waals surface area contributed by atoms with Crippen LogP contribution in [0.1, 0.15) is 94.9 Å². The van der Waals surface area contributed by atoms with Crippen LogP contribution >= 0.6 is 11.3 Å². The molecule has 51 heavy (non-hydrogen) atoms. The van der Waals surface area contributed by atoms with Crippen molar-refractivity contribution < 1.29 is 28.5 Å². The Morgan fingerprint density at radius 1 is 1.06 bits per heavy atom. The first-order valence-electron chi connectivity index (χ1n) is 17.7. The highest BCUT2D eigenvalue weighted by atomic mass is 32.1. The number of carbonyl (C=O) groups is 3. The fourth-order valence-corrected chi connectivity index (χ4v) is 7.59. The molecule has 1 atom stereocenters. The van der Waals surface area contributed by atoms with Crippen LogP contribution in [0.3, 0.4) is 0 Å². The predicted octanol–water partition coefficient (Wildman–Crippen LogP) is 6.63. The highest BCUT2D eigenvalue weighted by Crippen LogP contribution is 2.34. The predicted molar refractivity (Wildman–Crippen MR) is 198 cm³/mol. The molecule has 0 bridgehead atoms. The molecule has 2 aliphatic heterocycles. The number of amides is 3. The zero-order chi connectivity index (χ0) is 35.6. The number of nitrogens with one attached hydrogen (secondary N) is 1. The van der Waals surface area contributed by atoms with E-state index in [4.69, 9.17) is 14.1 Å². The molecule has 0 fully saturated rings. The quantitative estimate of drug-likeness (QED) is 0.0703. The summed E-state index contributed by atoms with van der Waals surface area (Å²) in [7, 11) is 0.654. The van der Waals surface area contributed by atoms with Crippen LogP contribution in [0.15, 0.2) is 66.0 Å². The molecule has 0 saturated carbocycles. The van der Waals surface area contributed by atoms with E-state index in [9.17, 15) is 19.6 Å². The number of aryl methyl sites for hydroxylation is 2. The Morgan fingerprint density at radius 3 is 2.65 bits per heavy atom. The number of carbonyl (C=O) groups excluding carboxylic acids is 3. The van der Waals surface area contributed by atoms with E-state index in [-0.39, 0.29) is 24.3 Å². The van der Waals surface area contributed by atoms with Crippen molar-refractivity contribution in [2.24, 2.45) is 0 Å². The van der Waals surface area contributed by atoms with Gasteiger partial charge in [0.2, 0.25) is 12.3 Å². The van der Waals surface area contributed by atoms with Gasteiger partial charge < -0.3 is 19.0 Å². The lowest BCUT2D eigenvalue weighted by Gasteiger charge is -2.24. The minimum atomic E-state index is -0.339. The van der Waals surface area contributed by atoms with E-state index in [1.165, 1.54) is 16.6 Å². The number of rotatable bonds is 18. The van der Waals surface area contributed by atoms with Gasteiger partial charge in [0, 0.05) is 34.8 Å². The van der Waals surface area contributed by atoms with Gasteiger partial charge in [0.05, 0.1) is 23.8 Å². The van der Waals surface area contributed by atoms with Crippen molar-refractivity contribution in [1.29, 1.82) is 5.26 Å². The number of fused-ring (bicyclic) bond motifs is 2. The first-order valence-corrected chi connectivity index (χ1v) is 18.5. The molecule has 9 nitrogen and oxygen atoms in total. The fourth-order valence-electron chi connectivity index (χ4n) is 6.64. The SMILES string of the molecule is CC(CCC(=O)NC=O)N1Cc2c(csc2COc2ccc(CCCCCCCc3cc(C#N)ccc3Oc3ccc4c(c3)COB4)cc2)C1=O. The molecule has 3 amide bonds. The number of nitriles is 1. The van der Waals surface area contributed by atoms with Crippen LogP contribution in [0.4, 0.5) is 0 Å². The maximum Gasteiger partial charge on any atom is 0.309 e. The second-order valence-electron chi connectivity index (χ2n) is 13.2. The summed E-state index contributed by atoms with van der Waals surface area (Å²) < 4.78 is 17.9. The Hall–Kier alpha value is -4.92. The van der Waals surface area contributed by atoms with Crippen LogP contribution < -0.4 is 20.3 Å². The van der Waals surface area contributed by atoms with Crippen LogP contribution in [0.2, 0.25) is 0 Å². The number of hydrogen-bond donors (Lipinski definition) is 1. The summed E-state index contributed by atoms with van der Waals surface area (Å²) in [6, 6.07) is 22.2. The van der Waals surface area contributed by atoms with Gasteiger partial charge in [-0.15, -0.1) is 11.3 Å². The topological polar surface area (TPSA) is 118 Å². The molecule has 1 N–H and O–H groups in total. The second kappa shape index (κ2) is 17.3. The molecular formula is C40H42BN3O6S. The smallest absolute Gasteiger partial charge is 0.309 e. The maximum atomic E-state index is 13.0. The van der Waals surface area contributed by atoms with E-state index in [1.807, 2.05) is 54.8 Å².